The Hall–Kier alpha value is -1.30. The van der Waals surface area contributed by atoms with E-state index in [1.807, 2.05) is 40.7 Å². The minimum Gasteiger partial charge on any atom is -0.444 e. The third kappa shape index (κ3) is 5.87. The van der Waals surface area contributed by atoms with E-state index in [9.17, 15) is 4.79 Å². The Morgan fingerprint density at radius 3 is 2.48 bits per heavy atom. The van der Waals surface area contributed by atoms with Gasteiger partial charge in [0.05, 0.1) is 17.9 Å². The van der Waals surface area contributed by atoms with Crippen molar-refractivity contribution < 1.29 is 9.53 Å². The maximum absolute atomic E-state index is 12.6. The van der Waals surface area contributed by atoms with Crippen molar-refractivity contribution in [2.75, 3.05) is 18.0 Å². The number of rotatable bonds is 4. The molecule has 0 spiro atoms. The van der Waals surface area contributed by atoms with Crippen LogP contribution in [0.15, 0.2) is 16.7 Å². The van der Waals surface area contributed by atoms with Crippen molar-refractivity contribution in [3.8, 4) is 0 Å². The Balaban J connectivity index is 2.25. The predicted octanol–water partition coefficient (Wildman–Crippen LogP) is 4.98. The molecule has 1 aliphatic heterocycles. The fraction of sp³-hybridized carbons (Fsp3) is 0.684. The number of piperidine rings is 1. The molecule has 0 aromatic carbocycles. The van der Waals surface area contributed by atoms with Gasteiger partial charge in [-0.3, -0.25) is 4.90 Å². The van der Waals surface area contributed by atoms with E-state index in [-0.39, 0.29) is 12.1 Å². The van der Waals surface area contributed by atoms with Gasteiger partial charge in [-0.15, -0.1) is 0 Å². The quantitative estimate of drug-likeness (QED) is 0.655. The topological polar surface area (TPSA) is 45.7 Å². The van der Waals surface area contributed by atoms with Gasteiger partial charge < -0.3 is 9.64 Å². The Kier molecular flexibility index (Phi) is 6.72. The first-order valence-corrected chi connectivity index (χ1v) is 9.86. The molecule has 1 aromatic rings. The summed E-state index contributed by atoms with van der Waals surface area (Å²) in [6.07, 6.45) is 3.39. The predicted molar refractivity (Wildman–Crippen MR) is 105 cm³/mol. The van der Waals surface area contributed by atoms with Gasteiger partial charge in [0.15, 0.2) is 0 Å². The Morgan fingerprint density at radius 1 is 1.28 bits per heavy atom. The van der Waals surface area contributed by atoms with Crippen molar-refractivity contribution in [2.45, 2.75) is 72.1 Å². The van der Waals surface area contributed by atoms with E-state index < -0.39 is 5.60 Å². The largest absolute Gasteiger partial charge is 0.444 e. The van der Waals surface area contributed by atoms with Gasteiger partial charge in [0.2, 0.25) is 0 Å². The molecule has 1 aliphatic rings. The highest BCUT2D eigenvalue weighted by atomic mass is 79.9. The fourth-order valence-corrected chi connectivity index (χ4v) is 3.29. The van der Waals surface area contributed by atoms with E-state index in [0.29, 0.717) is 6.54 Å². The first kappa shape index (κ1) is 20.0. The lowest BCUT2D eigenvalue weighted by atomic mass is 10.1. The maximum atomic E-state index is 12.6. The number of hydrogen-bond acceptors (Lipinski definition) is 4. The molecule has 25 heavy (non-hydrogen) atoms. The van der Waals surface area contributed by atoms with Crippen LogP contribution in [0.4, 0.5) is 10.5 Å². The highest BCUT2D eigenvalue weighted by Gasteiger charge is 2.26. The summed E-state index contributed by atoms with van der Waals surface area (Å²) < 4.78 is 6.37. The van der Waals surface area contributed by atoms with Crippen LogP contribution in [0.1, 0.15) is 59.6 Å². The number of aromatic nitrogens is 1. The van der Waals surface area contributed by atoms with E-state index in [1.54, 1.807) is 4.90 Å². The minimum atomic E-state index is -0.509. The van der Waals surface area contributed by atoms with Crippen LogP contribution >= 0.6 is 15.9 Å². The number of carbonyl (C=O) groups excluding carboxylic acids is 1. The van der Waals surface area contributed by atoms with Gasteiger partial charge in [0.1, 0.15) is 10.2 Å². The average Bonchev–Trinajstić information content (AvgIpc) is 2.51. The number of pyridine rings is 1. The van der Waals surface area contributed by atoms with E-state index in [2.05, 4.69) is 31.9 Å². The lowest BCUT2D eigenvalue weighted by Gasteiger charge is -2.33. The molecule has 2 heterocycles. The molecule has 1 fully saturated rings. The van der Waals surface area contributed by atoms with Crippen LogP contribution in [-0.4, -0.2) is 40.7 Å². The summed E-state index contributed by atoms with van der Waals surface area (Å²) in [5.74, 6) is 0. The first-order valence-electron chi connectivity index (χ1n) is 9.07. The van der Waals surface area contributed by atoms with Gasteiger partial charge in [0.25, 0.3) is 0 Å². The van der Waals surface area contributed by atoms with Crippen LogP contribution in [-0.2, 0) is 11.3 Å². The highest BCUT2D eigenvalue weighted by Crippen LogP contribution is 2.27. The summed E-state index contributed by atoms with van der Waals surface area (Å²) in [4.78, 5) is 21.4. The normalized spacial score (nSPS) is 15.4. The number of hydrogen-bond donors (Lipinski definition) is 0. The summed E-state index contributed by atoms with van der Waals surface area (Å²) in [5, 5.41) is 0. The molecule has 2 rings (SSSR count). The molecule has 1 aromatic heterocycles. The second kappa shape index (κ2) is 8.39. The first-order chi connectivity index (χ1) is 11.7. The fourth-order valence-electron chi connectivity index (χ4n) is 2.95. The van der Waals surface area contributed by atoms with Crippen molar-refractivity contribution in [3.05, 3.63) is 22.4 Å². The van der Waals surface area contributed by atoms with Crippen molar-refractivity contribution in [3.63, 3.8) is 0 Å². The molecular weight excluding hydrogens is 382 g/mol. The molecule has 0 radical (unpaired) electrons. The lowest BCUT2D eigenvalue weighted by molar-refractivity contribution is 0.0169. The molecule has 0 aliphatic carbocycles. The zero-order chi connectivity index (χ0) is 18.6. The van der Waals surface area contributed by atoms with Gasteiger partial charge >= 0.3 is 6.09 Å². The number of carbonyl (C=O) groups is 1. The Labute approximate surface area is 159 Å². The summed E-state index contributed by atoms with van der Waals surface area (Å²) >= 11 is 3.47. The number of ether oxygens (including phenoxy) is 1. The maximum Gasteiger partial charge on any atom is 0.410 e. The molecule has 6 heteroatoms. The van der Waals surface area contributed by atoms with Crippen molar-refractivity contribution in [2.24, 2.45) is 0 Å². The van der Waals surface area contributed by atoms with Gasteiger partial charge in [-0.25, -0.2) is 9.78 Å². The van der Waals surface area contributed by atoms with Crippen LogP contribution < -0.4 is 4.90 Å². The van der Waals surface area contributed by atoms with Crippen molar-refractivity contribution in [1.82, 2.24) is 9.88 Å². The van der Waals surface area contributed by atoms with Gasteiger partial charge in [0, 0.05) is 19.1 Å². The minimum absolute atomic E-state index is 0.0323. The molecule has 1 amide bonds. The molecule has 0 saturated carbocycles. The van der Waals surface area contributed by atoms with Crippen LogP contribution in [0.25, 0.3) is 0 Å². The summed E-state index contributed by atoms with van der Waals surface area (Å²) in [6, 6.07) is 4.11. The second-order valence-corrected chi connectivity index (χ2v) is 8.66. The SMILES string of the molecule is CC(C)N(Cc1nc(Br)ccc1N1CCCCC1)C(=O)OC(C)(C)C. The molecule has 0 unspecified atom stereocenters. The number of nitrogens with zero attached hydrogens (tertiary/aromatic N) is 3. The van der Waals surface area contributed by atoms with Crippen molar-refractivity contribution >= 4 is 27.7 Å². The third-order valence-electron chi connectivity index (χ3n) is 4.18. The molecule has 0 bridgehead atoms. The second-order valence-electron chi connectivity index (χ2n) is 7.85. The van der Waals surface area contributed by atoms with Gasteiger partial charge in [-0.05, 0) is 81.9 Å². The van der Waals surface area contributed by atoms with E-state index in [4.69, 9.17) is 4.74 Å². The van der Waals surface area contributed by atoms with Gasteiger partial charge in [-0.1, -0.05) is 0 Å². The van der Waals surface area contributed by atoms with E-state index >= 15 is 0 Å². The summed E-state index contributed by atoms with van der Waals surface area (Å²) in [5.41, 5.74) is 1.53. The van der Waals surface area contributed by atoms with Crippen LogP contribution in [0.3, 0.4) is 0 Å². The molecule has 0 atom stereocenters. The van der Waals surface area contributed by atoms with Gasteiger partial charge in [-0.2, -0.15) is 0 Å². The third-order valence-corrected chi connectivity index (χ3v) is 4.63. The number of amides is 1. The summed E-state index contributed by atoms with van der Waals surface area (Å²) in [6.45, 7) is 12.2. The molecule has 5 nitrogen and oxygen atoms in total. The van der Waals surface area contributed by atoms with Crippen LogP contribution in [0.5, 0.6) is 0 Å². The van der Waals surface area contributed by atoms with E-state index in [0.717, 1.165) is 29.1 Å². The zero-order valence-electron chi connectivity index (χ0n) is 16.0. The smallest absolute Gasteiger partial charge is 0.410 e. The van der Waals surface area contributed by atoms with E-state index in [1.165, 1.54) is 19.3 Å². The standard InChI is InChI=1S/C19H30BrN3O2/c1-14(2)23(18(24)25-19(3,4)5)13-15-16(9-10-17(20)21-15)22-11-7-6-8-12-22/h9-10,14H,6-8,11-13H2,1-5H3. The molecule has 0 N–H and O–H groups in total. The molecule has 140 valence electrons. The Morgan fingerprint density at radius 2 is 1.92 bits per heavy atom. The number of halogens is 1. The summed E-state index contributed by atoms with van der Waals surface area (Å²) in [7, 11) is 0. The monoisotopic (exact) mass is 411 g/mol. The number of anilines is 1. The Bertz CT molecular complexity index is 593. The zero-order valence-corrected chi connectivity index (χ0v) is 17.6. The van der Waals surface area contributed by atoms with Crippen LogP contribution in [0, 0.1) is 0 Å². The molecular formula is C19H30BrN3O2. The van der Waals surface area contributed by atoms with Crippen LogP contribution in [0.2, 0.25) is 0 Å². The van der Waals surface area contributed by atoms with Crippen molar-refractivity contribution in [1.29, 1.82) is 0 Å². The lowest BCUT2D eigenvalue weighted by Crippen LogP contribution is -2.41. The average molecular weight is 412 g/mol. The molecule has 1 saturated heterocycles. The highest BCUT2D eigenvalue weighted by molar-refractivity contribution is 9.10.